The second-order valence-corrected chi connectivity index (χ2v) is 1.92. The predicted molar refractivity (Wildman–Crippen MR) is 28.4 cm³/mol. The molecule has 2 heteroatoms. The van der Waals surface area contributed by atoms with E-state index in [4.69, 9.17) is 0 Å². The molecule has 8 heavy (non-hydrogen) atoms. The molecule has 0 N–H and O–H groups in total. The van der Waals surface area contributed by atoms with Crippen molar-refractivity contribution in [1.29, 1.82) is 0 Å². The molecule has 42 valence electrons. The maximum absolute atomic E-state index is 10.5. The van der Waals surface area contributed by atoms with Gasteiger partial charge >= 0.3 is 0 Å². The third kappa shape index (κ3) is 0.689. The number of rotatable bonds is 0. The molecule has 0 aliphatic heterocycles. The van der Waals surface area contributed by atoms with Crippen LogP contribution >= 0.6 is 0 Å². The van der Waals surface area contributed by atoms with Gasteiger partial charge in [-0.25, -0.2) is 0 Å². The van der Waals surface area contributed by atoms with E-state index in [0.717, 1.165) is 0 Å². The Labute approximate surface area is 47.2 Å². The highest BCUT2D eigenvalue weighted by Crippen LogP contribution is 2.13. The highest BCUT2D eigenvalue weighted by molar-refractivity contribution is 6.16. The van der Waals surface area contributed by atoms with Crippen LogP contribution < -0.4 is 0 Å². The molecule has 2 nitrogen and oxygen atoms in total. The van der Waals surface area contributed by atoms with Gasteiger partial charge in [-0.3, -0.25) is 9.59 Å². The average Bonchev–Trinajstić information content (AvgIpc) is 1.85. The number of ketones is 2. The van der Waals surface area contributed by atoms with E-state index in [9.17, 15) is 9.59 Å². The van der Waals surface area contributed by atoms with Crippen molar-refractivity contribution in [2.45, 2.75) is 12.8 Å². The van der Waals surface area contributed by atoms with Gasteiger partial charge in [0.1, 0.15) is 5.78 Å². The van der Waals surface area contributed by atoms with Gasteiger partial charge in [0.25, 0.3) is 0 Å². The number of allylic oxidation sites excluding steroid dienone is 1. The van der Waals surface area contributed by atoms with E-state index < -0.39 is 0 Å². The van der Waals surface area contributed by atoms with Gasteiger partial charge in [0.15, 0.2) is 5.78 Å². The minimum absolute atomic E-state index is 0.000000000000000222. The molecule has 1 aliphatic rings. The second kappa shape index (κ2) is 1.54. The first-order valence-electron chi connectivity index (χ1n) is 2.43. The fourth-order valence-corrected chi connectivity index (χ4v) is 0.703. The first-order chi connectivity index (χ1) is 3.70. The molecule has 0 aromatic heterocycles. The molecule has 0 spiro atoms. The van der Waals surface area contributed by atoms with Crippen molar-refractivity contribution in [2.24, 2.45) is 0 Å². The highest BCUT2D eigenvalue weighted by Gasteiger charge is 2.21. The van der Waals surface area contributed by atoms with Crippen LogP contribution in [0.4, 0.5) is 0 Å². The molecule has 0 saturated heterocycles. The lowest BCUT2D eigenvalue weighted by atomic mass is 10.2. The SMILES string of the molecule is C=C1CC(=O)CC1=O. The van der Waals surface area contributed by atoms with Crippen molar-refractivity contribution in [3.8, 4) is 0 Å². The predicted octanol–water partition coefficient (Wildman–Crippen LogP) is 0.475. The summed E-state index contributed by atoms with van der Waals surface area (Å²) in [6.45, 7) is 3.42. The number of Topliss-reactive ketones (excluding diaryl/α,β-unsaturated/α-hetero) is 2. The summed E-state index contributed by atoms with van der Waals surface area (Å²) in [6.07, 6.45) is 0.359. The van der Waals surface area contributed by atoms with E-state index in [1.807, 2.05) is 0 Å². The average molecular weight is 110 g/mol. The molecule has 0 atom stereocenters. The Bertz CT molecular complexity index is 149. The molecule has 0 aromatic carbocycles. The Kier molecular flexibility index (Phi) is 1.01. The largest absolute Gasteiger partial charge is 0.299 e. The summed E-state index contributed by atoms with van der Waals surface area (Å²) in [5.41, 5.74) is 0.468. The maximum Gasteiger partial charge on any atom is 0.166 e. The summed E-state index contributed by atoms with van der Waals surface area (Å²) in [7, 11) is 0. The van der Waals surface area contributed by atoms with Crippen molar-refractivity contribution in [2.75, 3.05) is 0 Å². The van der Waals surface area contributed by atoms with Crippen LogP contribution in [0.25, 0.3) is 0 Å². The fourth-order valence-electron chi connectivity index (χ4n) is 0.703. The lowest BCUT2D eigenvalue weighted by Crippen LogP contribution is -1.90. The van der Waals surface area contributed by atoms with E-state index >= 15 is 0 Å². The monoisotopic (exact) mass is 110 g/mol. The number of hydrogen-bond donors (Lipinski definition) is 0. The van der Waals surface area contributed by atoms with Gasteiger partial charge in [0.2, 0.25) is 0 Å². The molecule has 0 radical (unpaired) electrons. The van der Waals surface area contributed by atoms with Crippen LogP contribution in [0.15, 0.2) is 12.2 Å². The minimum atomic E-state index is -0.0880. The molecule has 1 rings (SSSR count). The van der Waals surface area contributed by atoms with Crippen LogP contribution in [-0.2, 0) is 9.59 Å². The third-order valence-electron chi connectivity index (χ3n) is 1.16. The summed E-state index contributed by atoms with van der Waals surface area (Å²) in [5.74, 6) is -0.0880. The fraction of sp³-hybridized carbons (Fsp3) is 0.333. The zero-order valence-electron chi connectivity index (χ0n) is 4.44. The van der Waals surface area contributed by atoms with Gasteiger partial charge in [-0.2, -0.15) is 0 Å². The van der Waals surface area contributed by atoms with Gasteiger partial charge in [-0.05, 0) is 5.57 Å². The zero-order chi connectivity index (χ0) is 6.15. The molecule has 1 saturated carbocycles. The molecule has 0 aromatic rings. The summed E-state index contributed by atoms with van der Waals surface area (Å²) in [5, 5.41) is 0. The molecular weight excluding hydrogens is 104 g/mol. The van der Waals surface area contributed by atoms with Gasteiger partial charge in [-0.1, -0.05) is 6.58 Å². The molecular formula is C6H6O2. The first-order valence-corrected chi connectivity index (χ1v) is 2.43. The summed E-state index contributed by atoms with van der Waals surface area (Å²) in [6, 6.07) is 0. The normalized spacial score (nSPS) is 20.2. The van der Waals surface area contributed by atoms with Crippen LogP contribution in [0.5, 0.6) is 0 Å². The van der Waals surface area contributed by atoms with E-state index in [1.54, 1.807) is 0 Å². The first kappa shape index (κ1) is 5.22. The Balaban J connectivity index is 2.79. The van der Waals surface area contributed by atoms with Crippen LogP contribution in [-0.4, -0.2) is 11.6 Å². The molecule has 0 unspecified atom stereocenters. The standard InChI is InChI=1S/C6H6O2/c1-4-2-5(7)3-6(4)8/h1-3H2. The van der Waals surface area contributed by atoms with Gasteiger partial charge in [0.05, 0.1) is 6.42 Å². The van der Waals surface area contributed by atoms with Gasteiger partial charge in [-0.15, -0.1) is 0 Å². The lowest BCUT2D eigenvalue weighted by molar-refractivity contribution is -0.121. The lowest BCUT2D eigenvalue weighted by Gasteiger charge is -1.79. The number of carbonyl (C=O) groups is 2. The van der Waals surface area contributed by atoms with E-state index in [0.29, 0.717) is 5.57 Å². The Morgan fingerprint density at radius 1 is 1.25 bits per heavy atom. The van der Waals surface area contributed by atoms with Crippen molar-refractivity contribution < 1.29 is 9.59 Å². The smallest absolute Gasteiger partial charge is 0.166 e. The van der Waals surface area contributed by atoms with Crippen LogP contribution in [0.3, 0.4) is 0 Å². The third-order valence-corrected chi connectivity index (χ3v) is 1.16. The molecule has 0 bridgehead atoms. The zero-order valence-corrected chi connectivity index (χ0v) is 4.44. The van der Waals surface area contributed by atoms with Crippen molar-refractivity contribution in [1.82, 2.24) is 0 Å². The number of carbonyl (C=O) groups excluding carboxylic acids is 2. The summed E-state index contributed by atoms with van der Waals surface area (Å²) >= 11 is 0. The van der Waals surface area contributed by atoms with E-state index in [1.165, 1.54) is 0 Å². The van der Waals surface area contributed by atoms with Crippen molar-refractivity contribution in [3.63, 3.8) is 0 Å². The Morgan fingerprint density at radius 3 is 2.00 bits per heavy atom. The Hall–Kier alpha value is -0.920. The van der Waals surface area contributed by atoms with E-state index in [2.05, 4.69) is 6.58 Å². The molecule has 1 fully saturated rings. The summed E-state index contributed by atoms with van der Waals surface area (Å²) < 4.78 is 0. The second-order valence-electron chi connectivity index (χ2n) is 1.92. The van der Waals surface area contributed by atoms with Crippen molar-refractivity contribution in [3.05, 3.63) is 12.2 Å². The van der Waals surface area contributed by atoms with Crippen LogP contribution in [0.1, 0.15) is 12.8 Å². The Morgan fingerprint density at radius 2 is 1.88 bits per heavy atom. The molecule has 1 aliphatic carbocycles. The van der Waals surface area contributed by atoms with Crippen molar-refractivity contribution >= 4 is 11.6 Å². The molecule has 0 heterocycles. The van der Waals surface area contributed by atoms with Gasteiger partial charge in [0, 0.05) is 6.42 Å². The topological polar surface area (TPSA) is 34.1 Å². The number of hydrogen-bond acceptors (Lipinski definition) is 2. The summed E-state index contributed by atoms with van der Waals surface area (Å²) in [4.78, 5) is 20.8. The quantitative estimate of drug-likeness (QED) is 0.335. The van der Waals surface area contributed by atoms with Crippen LogP contribution in [0, 0.1) is 0 Å². The van der Waals surface area contributed by atoms with E-state index in [-0.39, 0.29) is 24.4 Å². The highest BCUT2D eigenvalue weighted by atomic mass is 16.2. The van der Waals surface area contributed by atoms with Gasteiger partial charge < -0.3 is 0 Å². The molecule has 0 amide bonds. The minimum Gasteiger partial charge on any atom is -0.299 e. The van der Waals surface area contributed by atoms with Crippen LogP contribution in [0.2, 0.25) is 0 Å². The maximum atomic E-state index is 10.5.